The van der Waals surface area contributed by atoms with Gasteiger partial charge in [0, 0.05) is 31.5 Å². The lowest BCUT2D eigenvalue weighted by molar-refractivity contribution is -0.214. The second-order valence-corrected chi connectivity index (χ2v) is 12.1. The highest BCUT2D eigenvalue weighted by molar-refractivity contribution is 5.91. The average Bonchev–Trinajstić information content (AvgIpc) is 3.48. The fourth-order valence-electron chi connectivity index (χ4n) is 8.11. The highest BCUT2D eigenvalue weighted by Gasteiger charge is 2.67. The molecule has 9 heteroatoms. The first-order valence-electron chi connectivity index (χ1n) is 13.8. The summed E-state index contributed by atoms with van der Waals surface area (Å²) in [7, 11) is 0. The van der Waals surface area contributed by atoms with Gasteiger partial charge in [0.15, 0.2) is 0 Å². The molecule has 0 spiro atoms. The lowest BCUT2D eigenvalue weighted by Crippen LogP contribution is -2.63. The molecule has 1 N–H and O–H groups in total. The molecule has 212 valence electrons. The zero-order chi connectivity index (χ0) is 28.0. The van der Waals surface area contributed by atoms with Crippen molar-refractivity contribution < 1.29 is 37.7 Å². The number of carbonyl (C=O) groups is 3. The summed E-state index contributed by atoms with van der Waals surface area (Å²) in [5.74, 6) is -1.27. The van der Waals surface area contributed by atoms with E-state index >= 15 is 0 Å². The van der Waals surface area contributed by atoms with Crippen LogP contribution in [0.25, 0.3) is 0 Å². The Morgan fingerprint density at radius 3 is 2.59 bits per heavy atom. The van der Waals surface area contributed by atoms with E-state index in [1.54, 1.807) is 12.1 Å². The Labute approximate surface area is 228 Å². The number of anilines is 1. The van der Waals surface area contributed by atoms with Crippen molar-refractivity contribution >= 4 is 23.6 Å². The van der Waals surface area contributed by atoms with Crippen LogP contribution in [-0.4, -0.2) is 55.5 Å². The summed E-state index contributed by atoms with van der Waals surface area (Å²) in [6.07, 6.45) is 4.52. The van der Waals surface area contributed by atoms with Crippen LogP contribution in [0.5, 0.6) is 0 Å². The lowest BCUT2D eigenvalue weighted by Gasteiger charge is -2.62. The van der Waals surface area contributed by atoms with Gasteiger partial charge in [-0.3, -0.25) is 9.59 Å². The molecule has 2 aliphatic heterocycles. The van der Waals surface area contributed by atoms with E-state index < -0.39 is 17.1 Å². The Hall–Kier alpha value is -2.94. The van der Waals surface area contributed by atoms with E-state index in [4.69, 9.17) is 18.9 Å². The minimum absolute atomic E-state index is 0.0408. The third-order valence-electron chi connectivity index (χ3n) is 9.80. The molecule has 3 fully saturated rings. The summed E-state index contributed by atoms with van der Waals surface area (Å²) < 4.78 is 37.4. The van der Waals surface area contributed by atoms with Gasteiger partial charge in [-0.1, -0.05) is 19.9 Å². The molecule has 0 amide bonds. The summed E-state index contributed by atoms with van der Waals surface area (Å²) in [5, 5.41) is 3.41. The summed E-state index contributed by atoms with van der Waals surface area (Å²) in [6.45, 7) is 7.99. The predicted molar refractivity (Wildman–Crippen MR) is 140 cm³/mol. The standard InChI is InChI=1S/C30H38FNO7/c1-18(33)37-17-29(4)24-8-12-30(16-32-21-7-5-6-20(31)14-21)25(15-23(39-30)22-10-13-36-27(22)35)28(24,3)11-9-26(29)38-19(2)34/h5-7,10,14,23-26,32H,8-9,11-13,15-17H2,1-4H3/t23-,24-,25-,26+,28+,29-,30+/m0/s1. The molecule has 8 nitrogen and oxygen atoms in total. The molecular formula is C30H38FNO7. The third-order valence-corrected chi connectivity index (χ3v) is 9.80. The average molecular weight is 544 g/mol. The first-order chi connectivity index (χ1) is 18.5. The predicted octanol–water partition coefficient (Wildman–Crippen LogP) is 4.58. The SMILES string of the molecule is CC(=O)OC[C@@]1(C)[C@H]2CC[C@]3(CNc4cccc(F)c4)O[C@H](C4=CCOC4=O)C[C@H]3[C@]2(C)CC[C@H]1OC(C)=O. The van der Waals surface area contributed by atoms with Gasteiger partial charge in [-0.2, -0.15) is 0 Å². The Kier molecular flexibility index (Phi) is 7.24. The van der Waals surface area contributed by atoms with Crippen molar-refractivity contribution in [3.8, 4) is 0 Å². The number of hydrogen-bond donors (Lipinski definition) is 1. The number of esters is 3. The molecule has 2 heterocycles. The summed E-state index contributed by atoms with van der Waals surface area (Å²) in [6, 6.07) is 6.36. The van der Waals surface area contributed by atoms with Crippen LogP contribution in [0, 0.1) is 28.5 Å². The Bertz CT molecular complexity index is 1190. The van der Waals surface area contributed by atoms with E-state index in [1.165, 1.54) is 26.0 Å². The molecule has 4 aliphatic rings. The quantitative estimate of drug-likeness (QED) is 0.394. The van der Waals surface area contributed by atoms with Gasteiger partial charge in [-0.05, 0) is 73.6 Å². The van der Waals surface area contributed by atoms with Crippen LogP contribution in [-0.2, 0) is 33.3 Å². The van der Waals surface area contributed by atoms with Crippen LogP contribution in [0.4, 0.5) is 10.1 Å². The van der Waals surface area contributed by atoms with Gasteiger partial charge in [-0.25, -0.2) is 9.18 Å². The second-order valence-electron chi connectivity index (χ2n) is 12.1. The number of hydrogen-bond acceptors (Lipinski definition) is 8. The number of ether oxygens (including phenoxy) is 4. The van der Waals surface area contributed by atoms with E-state index in [9.17, 15) is 18.8 Å². The van der Waals surface area contributed by atoms with Gasteiger partial charge < -0.3 is 24.3 Å². The van der Waals surface area contributed by atoms with Crippen LogP contribution >= 0.6 is 0 Å². The molecule has 1 aromatic rings. The van der Waals surface area contributed by atoms with Crippen molar-refractivity contribution in [3.63, 3.8) is 0 Å². The zero-order valence-corrected chi connectivity index (χ0v) is 23.1. The van der Waals surface area contributed by atoms with Crippen molar-refractivity contribution in [2.45, 2.75) is 77.6 Å². The van der Waals surface area contributed by atoms with Gasteiger partial charge in [0.2, 0.25) is 0 Å². The van der Waals surface area contributed by atoms with Crippen LogP contribution < -0.4 is 5.32 Å². The largest absolute Gasteiger partial charge is 0.465 e. The zero-order valence-electron chi connectivity index (χ0n) is 23.1. The van der Waals surface area contributed by atoms with Crippen molar-refractivity contribution in [3.05, 3.63) is 41.7 Å². The molecule has 0 aromatic heterocycles. The summed E-state index contributed by atoms with van der Waals surface area (Å²) in [5.41, 5.74) is -0.227. The molecule has 1 aromatic carbocycles. The van der Waals surface area contributed by atoms with Crippen molar-refractivity contribution in [1.29, 1.82) is 0 Å². The maximum absolute atomic E-state index is 13.9. The first-order valence-corrected chi connectivity index (χ1v) is 13.8. The molecular weight excluding hydrogens is 505 g/mol. The van der Waals surface area contributed by atoms with Crippen LogP contribution in [0.15, 0.2) is 35.9 Å². The maximum atomic E-state index is 13.9. The molecule has 0 unspecified atom stereocenters. The van der Waals surface area contributed by atoms with E-state index in [0.29, 0.717) is 37.1 Å². The van der Waals surface area contributed by atoms with Gasteiger partial charge in [0.25, 0.3) is 0 Å². The highest BCUT2D eigenvalue weighted by Crippen LogP contribution is 2.66. The molecule has 1 saturated heterocycles. The number of carbonyl (C=O) groups excluding carboxylic acids is 3. The van der Waals surface area contributed by atoms with Crippen LogP contribution in [0.1, 0.15) is 59.8 Å². The molecule has 5 rings (SSSR count). The van der Waals surface area contributed by atoms with E-state index in [2.05, 4.69) is 19.2 Å². The second kappa shape index (κ2) is 10.2. The lowest BCUT2D eigenvalue weighted by atomic mass is 9.44. The fourth-order valence-corrected chi connectivity index (χ4v) is 8.11. The Morgan fingerprint density at radius 1 is 1.13 bits per heavy atom. The first kappa shape index (κ1) is 27.6. The Morgan fingerprint density at radius 2 is 1.92 bits per heavy atom. The van der Waals surface area contributed by atoms with E-state index in [-0.39, 0.29) is 60.3 Å². The van der Waals surface area contributed by atoms with Gasteiger partial charge in [-0.15, -0.1) is 0 Å². The minimum Gasteiger partial charge on any atom is -0.465 e. The maximum Gasteiger partial charge on any atom is 0.336 e. The number of cyclic esters (lactones) is 1. The minimum atomic E-state index is -0.609. The van der Waals surface area contributed by atoms with Crippen LogP contribution in [0.2, 0.25) is 0 Å². The topological polar surface area (TPSA) is 100 Å². The van der Waals surface area contributed by atoms with Crippen molar-refractivity contribution in [2.75, 3.05) is 25.1 Å². The van der Waals surface area contributed by atoms with Crippen molar-refractivity contribution in [2.24, 2.45) is 22.7 Å². The Balaban J connectivity index is 1.50. The van der Waals surface area contributed by atoms with E-state index in [0.717, 1.165) is 12.8 Å². The highest BCUT2D eigenvalue weighted by atomic mass is 19.1. The fraction of sp³-hybridized carbons (Fsp3) is 0.633. The molecule has 39 heavy (non-hydrogen) atoms. The molecule has 0 bridgehead atoms. The normalized spacial score (nSPS) is 37.3. The van der Waals surface area contributed by atoms with Crippen molar-refractivity contribution in [1.82, 2.24) is 0 Å². The number of halogens is 1. The number of fused-ring (bicyclic) bond motifs is 3. The van der Waals surface area contributed by atoms with Gasteiger partial charge in [0.05, 0.1) is 17.3 Å². The number of benzene rings is 1. The molecule has 2 saturated carbocycles. The number of nitrogens with one attached hydrogen (secondary N) is 1. The van der Waals surface area contributed by atoms with E-state index in [1.807, 2.05) is 6.07 Å². The number of rotatable bonds is 7. The molecule has 2 aliphatic carbocycles. The van der Waals surface area contributed by atoms with Gasteiger partial charge in [0.1, 0.15) is 25.1 Å². The molecule has 0 radical (unpaired) electrons. The molecule has 7 atom stereocenters. The summed E-state index contributed by atoms with van der Waals surface area (Å²) >= 11 is 0. The van der Waals surface area contributed by atoms with Crippen LogP contribution in [0.3, 0.4) is 0 Å². The summed E-state index contributed by atoms with van der Waals surface area (Å²) in [4.78, 5) is 36.4. The smallest absolute Gasteiger partial charge is 0.336 e. The monoisotopic (exact) mass is 543 g/mol. The van der Waals surface area contributed by atoms with Gasteiger partial charge >= 0.3 is 17.9 Å². The third kappa shape index (κ3) is 4.94.